The first-order valence-electron chi connectivity index (χ1n) is 7.51. The fraction of sp³-hybridized carbons (Fsp3) is 0.688. The predicted molar refractivity (Wildman–Crippen MR) is 87.4 cm³/mol. The maximum absolute atomic E-state index is 13.7. The molecule has 0 radical (unpaired) electrons. The van der Waals surface area contributed by atoms with E-state index in [1.54, 1.807) is 20.1 Å². The number of hydrogen-bond acceptors (Lipinski definition) is 3. The van der Waals surface area contributed by atoms with Crippen molar-refractivity contribution in [1.29, 1.82) is 0 Å². The van der Waals surface area contributed by atoms with Gasteiger partial charge in [0.1, 0.15) is 6.10 Å². The minimum Gasteiger partial charge on any atom is -0.387 e. The van der Waals surface area contributed by atoms with E-state index in [0.29, 0.717) is 29.0 Å². The molecule has 0 aromatic carbocycles. The Morgan fingerprint density at radius 1 is 1.45 bits per heavy atom. The van der Waals surface area contributed by atoms with Crippen molar-refractivity contribution in [3.8, 4) is 0 Å². The second-order valence-corrected chi connectivity index (χ2v) is 7.53. The van der Waals surface area contributed by atoms with Crippen molar-refractivity contribution in [3.05, 3.63) is 21.6 Å². The number of alkyl halides is 2. The zero-order valence-corrected chi connectivity index (χ0v) is 14.4. The summed E-state index contributed by atoms with van der Waals surface area (Å²) in [5.74, 6) is -2.86. The van der Waals surface area contributed by atoms with Gasteiger partial charge in [-0.15, -0.1) is 0 Å². The molecule has 2 atom stereocenters. The highest BCUT2D eigenvalue weighted by molar-refractivity contribution is 7.91. The molecule has 1 N–H and O–H groups in total. The van der Waals surface area contributed by atoms with Gasteiger partial charge in [-0.1, -0.05) is 19.4 Å². The van der Waals surface area contributed by atoms with Gasteiger partial charge in [-0.25, -0.2) is 13.0 Å². The first kappa shape index (κ1) is 19.2. The van der Waals surface area contributed by atoms with Gasteiger partial charge in [0.15, 0.2) is 0 Å². The van der Waals surface area contributed by atoms with Crippen molar-refractivity contribution in [3.63, 3.8) is 0 Å². The first-order valence-corrected chi connectivity index (χ1v) is 8.72. The number of halogens is 2. The average molecular weight is 333 g/mol. The Morgan fingerprint density at radius 3 is 2.68 bits per heavy atom. The molecule has 3 nitrogen and oxygen atoms in total. The average Bonchev–Trinajstić information content (AvgIpc) is 2.54. The molecule has 1 saturated carbocycles. The summed E-state index contributed by atoms with van der Waals surface area (Å²) < 4.78 is 39.7. The number of hydrogen-bond donors (Lipinski definition) is 1. The molecular formula is C16H25F2NO2S. The van der Waals surface area contributed by atoms with E-state index in [2.05, 4.69) is 4.99 Å². The van der Waals surface area contributed by atoms with E-state index in [4.69, 9.17) is 0 Å². The summed E-state index contributed by atoms with van der Waals surface area (Å²) in [5, 5.41) is 10.8. The molecule has 0 bridgehead atoms. The lowest BCUT2D eigenvalue weighted by atomic mass is 10.1. The fourth-order valence-corrected chi connectivity index (χ4v) is 3.10. The van der Waals surface area contributed by atoms with Crippen LogP contribution < -0.4 is 0 Å². The van der Waals surface area contributed by atoms with E-state index >= 15 is 0 Å². The van der Waals surface area contributed by atoms with Gasteiger partial charge in [0.05, 0.1) is 10.8 Å². The summed E-state index contributed by atoms with van der Waals surface area (Å²) in [7, 11) is -1.47. The first-order chi connectivity index (χ1) is 10.1. The molecular weight excluding hydrogens is 308 g/mol. The molecule has 6 heteroatoms. The minimum absolute atomic E-state index is 0.0729. The Kier molecular flexibility index (Phi) is 7.06. The van der Waals surface area contributed by atoms with Gasteiger partial charge < -0.3 is 5.11 Å². The SMILES string of the molecule is C/C(N=CC(C)C)=C(\C)S(=O)/C=C1/CCCC(O)C(F)(F)C1. The molecule has 0 aromatic heterocycles. The highest BCUT2D eigenvalue weighted by Gasteiger charge is 2.40. The van der Waals surface area contributed by atoms with Crippen LogP contribution in [0, 0.1) is 5.92 Å². The molecule has 0 spiro atoms. The van der Waals surface area contributed by atoms with Crippen LogP contribution in [0.15, 0.2) is 26.6 Å². The zero-order chi connectivity index (χ0) is 16.9. The molecule has 1 rings (SSSR count). The van der Waals surface area contributed by atoms with Crippen LogP contribution in [-0.2, 0) is 10.8 Å². The summed E-state index contributed by atoms with van der Waals surface area (Å²) in [6.45, 7) is 7.44. The molecule has 1 aliphatic carbocycles. The maximum Gasteiger partial charge on any atom is 0.277 e. The molecule has 1 fully saturated rings. The van der Waals surface area contributed by atoms with Crippen molar-refractivity contribution < 1.29 is 18.1 Å². The highest BCUT2D eigenvalue weighted by atomic mass is 32.2. The number of aliphatic hydroxyl groups excluding tert-OH is 1. The van der Waals surface area contributed by atoms with E-state index in [9.17, 15) is 18.1 Å². The number of allylic oxidation sites excluding steroid dienone is 3. The Balaban J connectivity index is 2.91. The van der Waals surface area contributed by atoms with Crippen LogP contribution in [-0.4, -0.2) is 27.6 Å². The quantitative estimate of drug-likeness (QED) is 0.620. The summed E-state index contributed by atoms with van der Waals surface area (Å²) in [4.78, 5) is 4.81. The van der Waals surface area contributed by atoms with Gasteiger partial charge in [0.25, 0.3) is 5.92 Å². The van der Waals surface area contributed by atoms with Crippen molar-refractivity contribution in [2.75, 3.05) is 0 Å². The Morgan fingerprint density at radius 2 is 2.09 bits per heavy atom. The smallest absolute Gasteiger partial charge is 0.277 e. The van der Waals surface area contributed by atoms with E-state index < -0.39 is 29.2 Å². The van der Waals surface area contributed by atoms with Gasteiger partial charge in [0, 0.05) is 28.6 Å². The van der Waals surface area contributed by atoms with E-state index in [1.807, 2.05) is 13.8 Å². The third-order valence-corrected chi connectivity index (χ3v) is 5.02. The molecule has 0 heterocycles. The van der Waals surface area contributed by atoms with Gasteiger partial charge in [0.2, 0.25) is 0 Å². The predicted octanol–water partition coefficient (Wildman–Crippen LogP) is 4.17. The van der Waals surface area contributed by atoms with E-state index in [-0.39, 0.29) is 12.3 Å². The molecule has 0 aliphatic heterocycles. The molecule has 0 amide bonds. The lowest BCUT2D eigenvalue weighted by Crippen LogP contribution is -2.32. The molecule has 0 saturated heterocycles. The van der Waals surface area contributed by atoms with Gasteiger partial charge in [-0.05, 0) is 39.0 Å². The van der Waals surface area contributed by atoms with Gasteiger partial charge >= 0.3 is 0 Å². The van der Waals surface area contributed by atoms with Crippen LogP contribution >= 0.6 is 0 Å². The van der Waals surface area contributed by atoms with Crippen molar-refractivity contribution in [2.45, 2.75) is 65.4 Å². The Bertz CT molecular complexity index is 510. The monoisotopic (exact) mass is 333 g/mol. The zero-order valence-electron chi connectivity index (χ0n) is 13.6. The van der Waals surface area contributed by atoms with E-state index in [0.717, 1.165) is 0 Å². The van der Waals surface area contributed by atoms with Crippen molar-refractivity contribution in [2.24, 2.45) is 10.9 Å². The number of aliphatic hydroxyl groups is 1. The molecule has 1 aliphatic rings. The number of rotatable bonds is 4. The van der Waals surface area contributed by atoms with Crippen LogP contribution in [0.25, 0.3) is 0 Å². The van der Waals surface area contributed by atoms with Crippen LogP contribution in [0.2, 0.25) is 0 Å². The lowest BCUT2D eigenvalue weighted by Gasteiger charge is -2.19. The van der Waals surface area contributed by atoms with Crippen LogP contribution in [0.4, 0.5) is 8.78 Å². The van der Waals surface area contributed by atoms with Crippen molar-refractivity contribution in [1.82, 2.24) is 0 Å². The van der Waals surface area contributed by atoms with Crippen LogP contribution in [0.1, 0.15) is 53.4 Å². The van der Waals surface area contributed by atoms with Crippen LogP contribution in [0.3, 0.4) is 0 Å². The topological polar surface area (TPSA) is 49.7 Å². The Hall–Kier alpha value is -0.880. The molecule has 0 aromatic rings. The molecule has 22 heavy (non-hydrogen) atoms. The van der Waals surface area contributed by atoms with Gasteiger partial charge in [-0.2, -0.15) is 0 Å². The summed E-state index contributed by atoms with van der Waals surface area (Å²) in [6.07, 6.45) is 0.623. The summed E-state index contributed by atoms with van der Waals surface area (Å²) in [6, 6.07) is 0. The molecule has 126 valence electrons. The van der Waals surface area contributed by atoms with Crippen LogP contribution in [0.5, 0.6) is 0 Å². The fourth-order valence-electron chi connectivity index (χ4n) is 2.08. The third kappa shape index (κ3) is 5.72. The lowest BCUT2D eigenvalue weighted by molar-refractivity contribution is -0.106. The van der Waals surface area contributed by atoms with Crippen molar-refractivity contribution >= 4 is 17.0 Å². The summed E-state index contributed by atoms with van der Waals surface area (Å²) >= 11 is 0. The number of nitrogens with zero attached hydrogens (tertiary/aromatic N) is 1. The van der Waals surface area contributed by atoms with E-state index in [1.165, 1.54) is 5.41 Å². The maximum atomic E-state index is 13.7. The molecule has 2 unspecified atom stereocenters. The standard InChI is InChI=1S/C16H25F2NO2S/c1-11(2)9-19-12(3)13(4)22(21)10-14-6-5-7-15(20)16(17,18)8-14/h9-11,15,20H,5-8H2,1-4H3/b13-12-,14-10-,19-9?. The second kappa shape index (κ2) is 8.11. The Labute approximate surface area is 133 Å². The third-order valence-electron chi connectivity index (χ3n) is 3.58. The summed E-state index contributed by atoms with van der Waals surface area (Å²) in [5.41, 5.74) is 1.09. The normalized spacial score (nSPS) is 27.1. The largest absolute Gasteiger partial charge is 0.387 e. The van der Waals surface area contributed by atoms with Gasteiger partial charge in [-0.3, -0.25) is 4.99 Å². The number of aliphatic imine (C=N–C) groups is 1. The second-order valence-electron chi connectivity index (χ2n) is 6.08. The highest BCUT2D eigenvalue weighted by Crippen LogP contribution is 2.35. The minimum atomic E-state index is -3.14.